The van der Waals surface area contributed by atoms with Gasteiger partial charge in [0.1, 0.15) is 5.70 Å². The minimum Gasteiger partial charge on any atom is -0.314 e. The summed E-state index contributed by atoms with van der Waals surface area (Å²) in [5.41, 5.74) is 5.69. The molecule has 19 heavy (non-hydrogen) atoms. The fourth-order valence-electron chi connectivity index (χ4n) is 2.84. The van der Waals surface area contributed by atoms with Crippen LogP contribution in [0.15, 0.2) is 52.8 Å². The lowest BCUT2D eigenvalue weighted by Crippen LogP contribution is -2.10. The molecule has 0 atom stereocenters. The van der Waals surface area contributed by atoms with Crippen molar-refractivity contribution in [2.45, 2.75) is 13.3 Å². The smallest absolute Gasteiger partial charge is 0.101 e. The monoisotopic (exact) mass is 264 g/mol. The maximum absolute atomic E-state index is 5.48. The third-order valence-electron chi connectivity index (χ3n) is 3.77. The summed E-state index contributed by atoms with van der Waals surface area (Å²) in [6.45, 7) is 2.13. The molecule has 3 heteroatoms. The van der Waals surface area contributed by atoms with E-state index >= 15 is 0 Å². The Kier molecular flexibility index (Phi) is 2.15. The molecule has 2 aromatic rings. The van der Waals surface area contributed by atoms with Crippen molar-refractivity contribution in [1.29, 1.82) is 0 Å². The molecule has 92 valence electrons. The minimum atomic E-state index is 0.818. The second-order valence-electron chi connectivity index (χ2n) is 4.94. The largest absolute Gasteiger partial charge is 0.314 e. The topological polar surface area (TPSA) is 17.3 Å². The van der Waals surface area contributed by atoms with Gasteiger partial charge >= 0.3 is 0 Å². The number of nitrogens with zero attached hydrogens (tertiary/aromatic N) is 2. The summed E-state index contributed by atoms with van der Waals surface area (Å²) in [5.74, 6) is 0. The molecular formula is C16H12N2S. The third-order valence-corrected chi connectivity index (χ3v) is 4.13. The van der Waals surface area contributed by atoms with E-state index in [0.717, 1.165) is 28.2 Å². The summed E-state index contributed by atoms with van der Waals surface area (Å²) in [6, 6.07) is 8.45. The molecule has 4 rings (SSSR count). The summed E-state index contributed by atoms with van der Waals surface area (Å²) >= 11 is 5.48. The van der Waals surface area contributed by atoms with E-state index in [1.165, 1.54) is 16.5 Å². The molecule has 1 aromatic heterocycles. The summed E-state index contributed by atoms with van der Waals surface area (Å²) in [7, 11) is 0. The standard InChI is InChI=1S/C16H12N2S/c1-10-5-6-13(19)14-15(10)18-8-7-11-3-2-4-12(9-17-14)16(11)18/h2-5,7-9H,6H2,1H3. The molecule has 2 nitrogen and oxygen atoms in total. The first-order chi connectivity index (χ1) is 9.25. The third kappa shape index (κ3) is 1.42. The summed E-state index contributed by atoms with van der Waals surface area (Å²) < 4.78 is 2.23. The second-order valence-corrected chi connectivity index (χ2v) is 5.43. The molecule has 0 saturated carbocycles. The van der Waals surface area contributed by atoms with Crippen molar-refractivity contribution in [1.82, 2.24) is 4.57 Å². The van der Waals surface area contributed by atoms with Crippen molar-refractivity contribution in [3.63, 3.8) is 0 Å². The van der Waals surface area contributed by atoms with E-state index in [4.69, 9.17) is 12.2 Å². The highest BCUT2D eigenvalue weighted by Gasteiger charge is 2.22. The zero-order chi connectivity index (χ0) is 13.0. The molecule has 0 N–H and O–H groups in total. The van der Waals surface area contributed by atoms with Gasteiger partial charge in [-0.1, -0.05) is 36.5 Å². The van der Waals surface area contributed by atoms with Crippen LogP contribution in [-0.4, -0.2) is 15.6 Å². The van der Waals surface area contributed by atoms with Crippen molar-refractivity contribution in [3.05, 3.63) is 53.4 Å². The van der Waals surface area contributed by atoms with Gasteiger partial charge in [-0.2, -0.15) is 0 Å². The van der Waals surface area contributed by atoms with Crippen molar-refractivity contribution in [3.8, 4) is 0 Å². The molecule has 0 bridgehead atoms. The Balaban J connectivity index is 2.16. The van der Waals surface area contributed by atoms with Gasteiger partial charge in [0.15, 0.2) is 0 Å². The van der Waals surface area contributed by atoms with Gasteiger partial charge < -0.3 is 4.57 Å². The highest BCUT2D eigenvalue weighted by Crippen LogP contribution is 2.34. The molecule has 2 heterocycles. The Morgan fingerprint density at radius 2 is 2.16 bits per heavy atom. The van der Waals surface area contributed by atoms with Gasteiger partial charge in [0.2, 0.25) is 0 Å². The van der Waals surface area contributed by atoms with E-state index in [9.17, 15) is 0 Å². The Labute approximate surface area is 116 Å². The van der Waals surface area contributed by atoms with Crippen LogP contribution in [0.4, 0.5) is 0 Å². The molecule has 0 saturated heterocycles. The van der Waals surface area contributed by atoms with E-state index in [-0.39, 0.29) is 0 Å². The first kappa shape index (κ1) is 10.9. The normalized spacial score (nSPS) is 17.5. The zero-order valence-electron chi connectivity index (χ0n) is 10.6. The molecule has 1 aromatic carbocycles. The van der Waals surface area contributed by atoms with E-state index < -0.39 is 0 Å². The quantitative estimate of drug-likeness (QED) is 0.658. The van der Waals surface area contributed by atoms with Crippen LogP contribution >= 0.6 is 12.2 Å². The van der Waals surface area contributed by atoms with Gasteiger partial charge in [-0.3, -0.25) is 4.99 Å². The van der Waals surface area contributed by atoms with Gasteiger partial charge in [0.05, 0.1) is 11.2 Å². The predicted octanol–water partition coefficient (Wildman–Crippen LogP) is 3.96. The lowest BCUT2D eigenvalue weighted by molar-refractivity contribution is 1.11. The lowest BCUT2D eigenvalue weighted by atomic mass is 10.0. The molecule has 0 fully saturated rings. The summed E-state index contributed by atoms with van der Waals surface area (Å²) in [4.78, 5) is 5.56. The van der Waals surface area contributed by atoms with Crippen LogP contribution in [0.25, 0.3) is 16.6 Å². The molecule has 2 aliphatic rings. The zero-order valence-corrected chi connectivity index (χ0v) is 11.4. The molecule has 1 aliphatic heterocycles. The average molecular weight is 264 g/mol. The van der Waals surface area contributed by atoms with E-state index in [1.807, 2.05) is 6.21 Å². The number of hydrogen-bond acceptors (Lipinski definition) is 2. The van der Waals surface area contributed by atoms with E-state index in [0.29, 0.717) is 0 Å². The van der Waals surface area contributed by atoms with Crippen LogP contribution in [0.5, 0.6) is 0 Å². The van der Waals surface area contributed by atoms with Crippen molar-refractivity contribution in [2.75, 3.05) is 0 Å². The first-order valence-electron chi connectivity index (χ1n) is 6.35. The minimum absolute atomic E-state index is 0.818. The highest BCUT2D eigenvalue weighted by atomic mass is 32.1. The van der Waals surface area contributed by atoms with Crippen LogP contribution < -0.4 is 0 Å². The fraction of sp³-hybridized carbons (Fsp3) is 0.125. The number of benzene rings is 1. The number of thiocarbonyl (C=S) groups is 1. The van der Waals surface area contributed by atoms with Crippen LogP contribution in [-0.2, 0) is 0 Å². The van der Waals surface area contributed by atoms with E-state index in [2.05, 4.69) is 53.0 Å². The molecular weight excluding hydrogens is 252 g/mol. The Bertz CT molecular complexity index is 818. The van der Waals surface area contributed by atoms with Crippen molar-refractivity contribution in [2.24, 2.45) is 4.99 Å². The fourth-order valence-corrected chi connectivity index (χ4v) is 3.07. The van der Waals surface area contributed by atoms with Gasteiger partial charge in [0, 0.05) is 34.6 Å². The number of allylic oxidation sites excluding steroid dienone is 4. The maximum atomic E-state index is 5.48. The summed E-state index contributed by atoms with van der Waals surface area (Å²) in [6.07, 6.45) is 7.06. The van der Waals surface area contributed by atoms with Gasteiger partial charge in [0.25, 0.3) is 0 Å². The van der Waals surface area contributed by atoms with Gasteiger partial charge in [-0.25, -0.2) is 0 Å². The molecule has 1 aliphatic carbocycles. The first-order valence-corrected chi connectivity index (χ1v) is 6.75. The molecule has 0 amide bonds. The Morgan fingerprint density at radius 3 is 3.05 bits per heavy atom. The predicted molar refractivity (Wildman–Crippen MR) is 83.7 cm³/mol. The van der Waals surface area contributed by atoms with E-state index in [1.54, 1.807) is 0 Å². The van der Waals surface area contributed by atoms with Crippen molar-refractivity contribution < 1.29 is 0 Å². The molecule has 0 radical (unpaired) electrons. The number of fused-ring (bicyclic) bond motifs is 1. The SMILES string of the molecule is CC1=CCC(=S)C2=C1n1ccc3cccc(c31)C=N2. The number of para-hydroxylation sites is 1. The maximum Gasteiger partial charge on any atom is 0.101 e. The number of hydrogen-bond donors (Lipinski definition) is 0. The highest BCUT2D eigenvalue weighted by molar-refractivity contribution is 7.80. The molecule has 0 spiro atoms. The van der Waals surface area contributed by atoms with Crippen LogP contribution in [0.1, 0.15) is 18.9 Å². The Morgan fingerprint density at radius 1 is 1.26 bits per heavy atom. The lowest BCUT2D eigenvalue weighted by Gasteiger charge is -2.18. The number of aromatic nitrogens is 1. The number of aliphatic imine (C=N–C) groups is 1. The average Bonchev–Trinajstić information content (AvgIpc) is 2.75. The van der Waals surface area contributed by atoms with Crippen molar-refractivity contribution >= 4 is 39.9 Å². The summed E-state index contributed by atoms with van der Waals surface area (Å²) in [5, 5.41) is 1.24. The number of rotatable bonds is 0. The molecule has 0 unspecified atom stereocenters. The van der Waals surface area contributed by atoms with Crippen LogP contribution in [0.3, 0.4) is 0 Å². The second kappa shape index (κ2) is 3.75. The van der Waals surface area contributed by atoms with Crippen LogP contribution in [0, 0.1) is 0 Å². The van der Waals surface area contributed by atoms with Gasteiger partial charge in [-0.05, 0) is 18.6 Å². The Hall–Kier alpha value is -2.00. The van der Waals surface area contributed by atoms with Crippen LogP contribution in [0.2, 0.25) is 0 Å². The van der Waals surface area contributed by atoms with Gasteiger partial charge in [-0.15, -0.1) is 0 Å².